The Morgan fingerprint density at radius 3 is 2.61 bits per heavy atom. The number of nitrogens with zero attached hydrogens (tertiary/aromatic N) is 2. The number of nitrogens with one attached hydrogen (secondary N) is 2. The second-order valence-corrected chi connectivity index (χ2v) is 12.5. The molecule has 2 saturated carbocycles. The lowest BCUT2D eigenvalue weighted by Gasteiger charge is -2.40. The van der Waals surface area contributed by atoms with Crippen LogP contribution in [0.1, 0.15) is 89.4 Å². The molecule has 0 atom stereocenters. The fourth-order valence-corrected chi connectivity index (χ4v) is 7.60. The number of carbonyl (C=O) groups excluding carboxylic acids is 2. The minimum Gasteiger partial charge on any atom is -0.491 e. The van der Waals surface area contributed by atoms with Gasteiger partial charge in [0, 0.05) is 22.0 Å². The number of imidazole rings is 1. The first-order valence-electron chi connectivity index (χ1n) is 15.8. The first kappa shape index (κ1) is 27.0. The number of para-hydroxylation sites is 1. The highest BCUT2D eigenvalue weighted by Crippen LogP contribution is 2.47. The van der Waals surface area contributed by atoms with E-state index in [-0.39, 0.29) is 5.91 Å². The second kappa shape index (κ2) is 10.5. The quantitative estimate of drug-likeness (QED) is 0.211. The van der Waals surface area contributed by atoms with Crippen molar-refractivity contribution in [1.29, 1.82) is 0 Å². The van der Waals surface area contributed by atoms with Crippen LogP contribution in [0.4, 0.5) is 0 Å². The van der Waals surface area contributed by atoms with Crippen molar-refractivity contribution in [2.24, 2.45) is 0 Å². The molecule has 2 N–H and O–H groups in total. The average molecular weight is 589 g/mol. The third kappa shape index (κ3) is 4.30. The number of rotatable bonds is 5. The van der Waals surface area contributed by atoms with Gasteiger partial charge in [-0.05, 0) is 86.1 Å². The molecule has 0 saturated heterocycles. The van der Waals surface area contributed by atoms with Crippen molar-refractivity contribution in [2.45, 2.75) is 69.4 Å². The molecule has 8 rings (SSSR count). The van der Waals surface area contributed by atoms with E-state index in [1.807, 2.05) is 18.2 Å². The molecule has 3 aromatic carbocycles. The van der Waals surface area contributed by atoms with E-state index in [9.17, 15) is 9.59 Å². The summed E-state index contributed by atoms with van der Waals surface area (Å²) >= 11 is 0. The molecule has 8 nitrogen and oxygen atoms in total. The van der Waals surface area contributed by atoms with Crippen LogP contribution in [0.2, 0.25) is 0 Å². The molecule has 2 aromatic heterocycles. The van der Waals surface area contributed by atoms with Gasteiger partial charge in [-0.3, -0.25) is 4.79 Å². The molecule has 224 valence electrons. The smallest absolute Gasteiger partial charge is 0.337 e. The number of aromatic amines is 1. The van der Waals surface area contributed by atoms with Gasteiger partial charge in [0.25, 0.3) is 5.91 Å². The van der Waals surface area contributed by atoms with Crippen molar-refractivity contribution in [3.63, 3.8) is 0 Å². The summed E-state index contributed by atoms with van der Waals surface area (Å²) in [7, 11) is 1.37. The Labute approximate surface area is 255 Å². The number of esters is 1. The number of fused-ring (bicyclic) bond motifs is 6. The number of H-pyrrole nitrogens is 1. The van der Waals surface area contributed by atoms with E-state index in [2.05, 4.69) is 45.2 Å². The maximum atomic E-state index is 14.0. The van der Waals surface area contributed by atoms with Crippen LogP contribution in [-0.2, 0) is 16.8 Å². The SMILES string of the molecule is COC(=O)c1ccc2nc(C3(NC(=O)c4ccc5c(C6CCCCC6)c6n(c5c4)CCOc4ccccc4-6)CCC3)[nH]c2c1. The lowest BCUT2D eigenvalue weighted by molar-refractivity contribution is 0.0600. The standard InChI is InChI=1S/C36H36N4O4/c1-43-34(42)24-13-15-27-28(20-24)38-35(37-27)36(16-7-17-36)39-33(41)23-12-14-25-29(21-23)40-18-19-44-30-11-6-5-10-26(30)32(40)31(25)22-8-3-2-4-9-22/h5-6,10-15,20-22H,2-4,7-9,16-19H2,1H3,(H,37,38)(H,39,41). The number of aromatic nitrogens is 3. The van der Waals surface area contributed by atoms with Gasteiger partial charge in [-0.2, -0.15) is 0 Å². The Bertz CT molecular complexity index is 1930. The zero-order chi connectivity index (χ0) is 29.8. The summed E-state index contributed by atoms with van der Waals surface area (Å²) in [5.74, 6) is 1.65. The second-order valence-electron chi connectivity index (χ2n) is 12.5. The van der Waals surface area contributed by atoms with E-state index in [1.54, 1.807) is 12.1 Å². The number of hydrogen-bond acceptors (Lipinski definition) is 5. The molecule has 8 heteroatoms. The summed E-state index contributed by atoms with van der Waals surface area (Å²) in [5.41, 5.74) is 6.92. The van der Waals surface area contributed by atoms with Crippen molar-refractivity contribution >= 4 is 33.8 Å². The predicted molar refractivity (Wildman–Crippen MR) is 169 cm³/mol. The Hall–Kier alpha value is -4.59. The molecule has 3 heterocycles. The van der Waals surface area contributed by atoms with Crippen LogP contribution >= 0.6 is 0 Å². The molecule has 5 aromatic rings. The van der Waals surface area contributed by atoms with Crippen LogP contribution in [-0.4, -0.2) is 40.1 Å². The molecule has 2 aliphatic carbocycles. The van der Waals surface area contributed by atoms with Gasteiger partial charge in [-0.25, -0.2) is 9.78 Å². The van der Waals surface area contributed by atoms with Crippen LogP contribution < -0.4 is 10.1 Å². The number of amides is 1. The topological polar surface area (TPSA) is 98.2 Å². The summed E-state index contributed by atoms with van der Waals surface area (Å²) in [4.78, 5) is 34.2. The normalized spacial score (nSPS) is 17.7. The summed E-state index contributed by atoms with van der Waals surface area (Å²) in [6, 6.07) is 19.9. The van der Waals surface area contributed by atoms with Crippen molar-refractivity contribution < 1.29 is 19.1 Å². The zero-order valence-electron chi connectivity index (χ0n) is 24.9. The third-order valence-electron chi connectivity index (χ3n) is 10.0. The Kier molecular flexibility index (Phi) is 6.47. The molecular formula is C36H36N4O4. The summed E-state index contributed by atoms with van der Waals surface area (Å²) in [5, 5.41) is 4.60. The van der Waals surface area contributed by atoms with Crippen LogP contribution in [0.25, 0.3) is 33.2 Å². The number of benzene rings is 3. The van der Waals surface area contributed by atoms with E-state index in [4.69, 9.17) is 14.5 Å². The van der Waals surface area contributed by atoms with E-state index in [0.717, 1.165) is 59.5 Å². The average Bonchev–Trinajstić information content (AvgIpc) is 3.55. The molecule has 0 unspecified atom stereocenters. The molecule has 1 aliphatic heterocycles. The summed E-state index contributed by atoms with van der Waals surface area (Å²) in [6.07, 6.45) is 8.79. The first-order valence-corrected chi connectivity index (χ1v) is 15.8. The van der Waals surface area contributed by atoms with Gasteiger partial charge in [0.1, 0.15) is 18.2 Å². The van der Waals surface area contributed by atoms with Crippen molar-refractivity contribution in [3.05, 3.63) is 83.2 Å². The van der Waals surface area contributed by atoms with E-state index >= 15 is 0 Å². The van der Waals surface area contributed by atoms with Gasteiger partial charge in [-0.15, -0.1) is 0 Å². The number of ether oxygens (including phenoxy) is 2. The molecule has 1 amide bonds. The number of carbonyl (C=O) groups is 2. The van der Waals surface area contributed by atoms with Crippen molar-refractivity contribution in [2.75, 3.05) is 13.7 Å². The highest BCUT2D eigenvalue weighted by molar-refractivity contribution is 6.01. The zero-order valence-corrected chi connectivity index (χ0v) is 24.9. The fraction of sp³-hybridized carbons (Fsp3) is 0.361. The van der Waals surface area contributed by atoms with Crippen LogP contribution in [0.15, 0.2) is 60.7 Å². The Balaban J connectivity index is 1.18. The molecule has 44 heavy (non-hydrogen) atoms. The molecular weight excluding hydrogens is 552 g/mol. The Morgan fingerprint density at radius 2 is 1.82 bits per heavy atom. The minimum absolute atomic E-state index is 0.109. The number of methoxy groups -OCH3 is 1. The number of hydrogen-bond donors (Lipinski definition) is 2. The molecule has 0 radical (unpaired) electrons. The lowest BCUT2D eigenvalue weighted by atomic mass is 9.76. The first-order chi connectivity index (χ1) is 21.5. The fourth-order valence-electron chi connectivity index (χ4n) is 7.60. The maximum absolute atomic E-state index is 14.0. The highest BCUT2D eigenvalue weighted by atomic mass is 16.5. The molecule has 0 bridgehead atoms. The summed E-state index contributed by atoms with van der Waals surface area (Å²) < 4.78 is 13.5. The van der Waals surface area contributed by atoms with Crippen LogP contribution in [0.5, 0.6) is 5.75 Å². The van der Waals surface area contributed by atoms with E-state index in [0.29, 0.717) is 23.7 Å². The minimum atomic E-state index is -0.577. The van der Waals surface area contributed by atoms with E-state index < -0.39 is 11.5 Å². The van der Waals surface area contributed by atoms with Crippen molar-refractivity contribution in [1.82, 2.24) is 19.9 Å². The summed E-state index contributed by atoms with van der Waals surface area (Å²) in [6.45, 7) is 1.32. The van der Waals surface area contributed by atoms with Gasteiger partial charge in [0.2, 0.25) is 0 Å². The lowest BCUT2D eigenvalue weighted by Crippen LogP contribution is -2.51. The third-order valence-corrected chi connectivity index (χ3v) is 10.0. The van der Waals surface area contributed by atoms with Crippen molar-refractivity contribution in [3.8, 4) is 17.0 Å². The van der Waals surface area contributed by atoms with Crippen LogP contribution in [0.3, 0.4) is 0 Å². The van der Waals surface area contributed by atoms with Gasteiger partial charge in [0.15, 0.2) is 0 Å². The van der Waals surface area contributed by atoms with Gasteiger partial charge < -0.3 is 24.3 Å². The Morgan fingerprint density at radius 1 is 1.00 bits per heavy atom. The van der Waals surface area contributed by atoms with E-state index in [1.165, 1.54) is 55.9 Å². The molecule has 2 fully saturated rings. The van der Waals surface area contributed by atoms with Gasteiger partial charge in [-0.1, -0.05) is 37.5 Å². The van der Waals surface area contributed by atoms with Gasteiger partial charge in [0.05, 0.1) is 41.5 Å². The predicted octanol–water partition coefficient (Wildman–Crippen LogP) is 7.22. The largest absolute Gasteiger partial charge is 0.491 e. The molecule has 3 aliphatic rings. The highest BCUT2D eigenvalue weighted by Gasteiger charge is 2.43. The van der Waals surface area contributed by atoms with Gasteiger partial charge >= 0.3 is 5.97 Å². The van der Waals surface area contributed by atoms with Crippen LogP contribution in [0, 0.1) is 0 Å². The maximum Gasteiger partial charge on any atom is 0.337 e. The molecule has 0 spiro atoms. The monoisotopic (exact) mass is 588 g/mol.